The number of carbonyl (C=O) groups excluding carboxylic acids is 1. The summed E-state index contributed by atoms with van der Waals surface area (Å²) in [5.74, 6) is 0.454. The van der Waals surface area contributed by atoms with Crippen LogP contribution in [0.1, 0.15) is 51.9 Å². The van der Waals surface area contributed by atoms with E-state index in [-0.39, 0.29) is 18.4 Å². The molecule has 1 unspecified atom stereocenters. The van der Waals surface area contributed by atoms with Gasteiger partial charge in [0.05, 0.1) is 6.61 Å². The van der Waals surface area contributed by atoms with Crippen LogP contribution >= 0.6 is 0 Å². The monoisotopic (exact) mass is 256 g/mol. The topological polar surface area (TPSA) is 66.6 Å². The SMILES string of the molecule is CCC(CN)CC(=O)N(CCO)C1CCCCC1. The number of aliphatic hydroxyl groups is 1. The van der Waals surface area contributed by atoms with Crippen LogP contribution in [0.4, 0.5) is 0 Å². The van der Waals surface area contributed by atoms with Crippen molar-refractivity contribution in [1.29, 1.82) is 0 Å². The molecular weight excluding hydrogens is 228 g/mol. The summed E-state index contributed by atoms with van der Waals surface area (Å²) in [5.41, 5.74) is 5.66. The highest BCUT2D eigenvalue weighted by molar-refractivity contribution is 5.76. The number of hydrogen-bond donors (Lipinski definition) is 2. The minimum Gasteiger partial charge on any atom is -0.395 e. The molecule has 1 atom stereocenters. The Kier molecular flexibility index (Phi) is 7.28. The summed E-state index contributed by atoms with van der Waals surface area (Å²) in [6.45, 7) is 3.17. The lowest BCUT2D eigenvalue weighted by Crippen LogP contribution is -2.44. The number of amides is 1. The first kappa shape index (κ1) is 15.4. The molecule has 3 N–H and O–H groups in total. The van der Waals surface area contributed by atoms with E-state index in [0.29, 0.717) is 25.6 Å². The van der Waals surface area contributed by atoms with E-state index in [4.69, 9.17) is 10.8 Å². The molecule has 1 fully saturated rings. The Morgan fingerprint density at radius 2 is 2.06 bits per heavy atom. The average Bonchev–Trinajstić information content (AvgIpc) is 2.42. The molecule has 4 heteroatoms. The van der Waals surface area contributed by atoms with Gasteiger partial charge in [-0.05, 0) is 25.3 Å². The maximum atomic E-state index is 12.3. The Bertz CT molecular complexity index is 236. The van der Waals surface area contributed by atoms with E-state index in [9.17, 15) is 4.79 Å². The lowest BCUT2D eigenvalue weighted by atomic mass is 9.93. The molecule has 1 amide bonds. The van der Waals surface area contributed by atoms with Gasteiger partial charge in [0.1, 0.15) is 0 Å². The highest BCUT2D eigenvalue weighted by atomic mass is 16.3. The maximum Gasteiger partial charge on any atom is 0.223 e. The van der Waals surface area contributed by atoms with Crippen molar-refractivity contribution in [2.24, 2.45) is 11.7 Å². The maximum absolute atomic E-state index is 12.3. The minimum absolute atomic E-state index is 0.0572. The largest absolute Gasteiger partial charge is 0.395 e. The number of hydrogen-bond acceptors (Lipinski definition) is 3. The lowest BCUT2D eigenvalue weighted by Gasteiger charge is -2.34. The van der Waals surface area contributed by atoms with Crippen molar-refractivity contribution in [3.63, 3.8) is 0 Å². The third-order valence-electron chi connectivity index (χ3n) is 4.05. The molecule has 0 saturated heterocycles. The lowest BCUT2D eigenvalue weighted by molar-refractivity contribution is -0.135. The third kappa shape index (κ3) is 4.58. The van der Waals surface area contributed by atoms with Crippen LogP contribution in [0.2, 0.25) is 0 Å². The van der Waals surface area contributed by atoms with Crippen molar-refractivity contribution in [2.75, 3.05) is 19.7 Å². The zero-order valence-corrected chi connectivity index (χ0v) is 11.6. The fourth-order valence-electron chi connectivity index (χ4n) is 2.77. The predicted molar refractivity (Wildman–Crippen MR) is 73.1 cm³/mol. The zero-order valence-electron chi connectivity index (χ0n) is 11.6. The van der Waals surface area contributed by atoms with E-state index in [1.54, 1.807) is 0 Å². The van der Waals surface area contributed by atoms with Crippen LogP contribution in [0, 0.1) is 5.92 Å². The van der Waals surface area contributed by atoms with Crippen LogP contribution in [-0.4, -0.2) is 41.7 Å². The van der Waals surface area contributed by atoms with Gasteiger partial charge >= 0.3 is 0 Å². The number of rotatable bonds is 7. The molecule has 0 bridgehead atoms. The zero-order chi connectivity index (χ0) is 13.4. The van der Waals surface area contributed by atoms with E-state index in [1.807, 2.05) is 4.90 Å². The molecule has 0 aromatic carbocycles. The number of aliphatic hydroxyl groups excluding tert-OH is 1. The van der Waals surface area contributed by atoms with Crippen molar-refractivity contribution in [2.45, 2.75) is 57.9 Å². The normalized spacial score (nSPS) is 18.6. The first-order valence-electron chi connectivity index (χ1n) is 7.33. The Hall–Kier alpha value is -0.610. The average molecular weight is 256 g/mol. The molecule has 0 heterocycles. The summed E-state index contributed by atoms with van der Waals surface area (Å²) in [5, 5.41) is 9.15. The minimum atomic E-state index is 0.0572. The molecule has 1 aliphatic rings. The first-order valence-corrected chi connectivity index (χ1v) is 7.33. The van der Waals surface area contributed by atoms with E-state index < -0.39 is 0 Å². The van der Waals surface area contributed by atoms with Crippen LogP contribution in [0.5, 0.6) is 0 Å². The van der Waals surface area contributed by atoms with Crippen molar-refractivity contribution in [1.82, 2.24) is 4.90 Å². The Balaban J connectivity index is 2.55. The van der Waals surface area contributed by atoms with Gasteiger partial charge in [0.25, 0.3) is 0 Å². The fourth-order valence-corrected chi connectivity index (χ4v) is 2.77. The van der Waals surface area contributed by atoms with Crippen molar-refractivity contribution >= 4 is 5.91 Å². The van der Waals surface area contributed by atoms with Gasteiger partial charge in [0.2, 0.25) is 5.91 Å². The predicted octanol–water partition coefficient (Wildman–Crippen LogP) is 1.51. The van der Waals surface area contributed by atoms with Gasteiger partial charge in [-0.15, -0.1) is 0 Å². The van der Waals surface area contributed by atoms with Crippen LogP contribution in [0.3, 0.4) is 0 Å². The van der Waals surface area contributed by atoms with Crippen LogP contribution in [0.25, 0.3) is 0 Å². The summed E-state index contributed by atoms with van der Waals surface area (Å²) >= 11 is 0. The number of nitrogens with two attached hydrogens (primary N) is 1. The molecule has 106 valence electrons. The van der Waals surface area contributed by atoms with Crippen LogP contribution in [0.15, 0.2) is 0 Å². The summed E-state index contributed by atoms with van der Waals surface area (Å²) in [6, 6.07) is 0.341. The summed E-state index contributed by atoms with van der Waals surface area (Å²) in [7, 11) is 0. The van der Waals surface area contributed by atoms with Crippen molar-refractivity contribution < 1.29 is 9.90 Å². The van der Waals surface area contributed by atoms with Crippen molar-refractivity contribution in [3.8, 4) is 0 Å². The molecule has 4 nitrogen and oxygen atoms in total. The van der Waals surface area contributed by atoms with Crippen molar-refractivity contribution in [3.05, 3.63) is 0 Å². The molecule has 1 saturated carbocycles. The smallest absolute Gasteiger partial charge is 0.223 e. The fraction of sp³-hybridized carbons (Fsp3) is 0.929. The molecular formula is C14H28N2O2. The molecule has 0 aromatic rings. The first-order chi connectivity index (χ1) is 8.72. The standard InChI is InChI=1S/C14H28N2O2/c1-2-12(11-15)10-14(18)16(8-9-17)13-6-4-3-5-7-13/h12-13,17H,2-11,15H2,1H3. The van der Waals surface area contributed by atoms with Gasteiger partial charge in [0.15, 0.2) is 0 Å². The Labute approximate surface area is 111 Å². The molecule has 0 spiro atoms. The van der Waals surface area contributed by atoms with E-state index in [2.05, 4.69) is 6.92 Å². The summed E-state index contributed by atoms with van der Waals surface area (Å²) in [4.78, 5) is 14.2. The van der Waals surface area contributed by atoms with E-state index >= 15 is 0 Å². The Morgan fingerprint density at radius 3 is 2.56 bits per heavy atom. The number of carbonyl (C=O) groups is 1. The molecule has 0 aliphatic heterocycles. The van der Waals surface area contributed by atoms with Crippen LogP contribution in [-0.2, 0) is 4.79 Å². The molecule has 18 heavy (non-hydrogen) atoms. The molecule has 1 rings (SSSR count). The second kappa shape index (κ2) is 8.48. The second-order valence-corrected chi connectivity index (χ2v) is 5.32. The van der Waals surface area contributed by atoms with Gasteiger partial charge in [-0.2, -0.15) is 0 Å². The summed E-state index contributed by atoms with van der Waals surface area (Å²) in [6.07, 6.45) is 7.33. The highest BCUT2D eigenvalue weighted by Crippen LogP contribution is 2.23. The summed E-state index contributed by atoms with van der Waals surface area (Å²) < 4.78 is 0. The quantitative estimate of drug-likeness (QED) is 0.725. The number of nitrogens with zero attached hydrogens (tertiary/aromatic N) is 1. The Morgan fingerprint density at radius 1 is 1.39 bits per heavy atom. The molecule has 0 aromatic heterocycles. The van der Waals surface area contributed by atoms with E-state index in [0.717, 1.165) is 19.3 Å². The van der Waals surface area contributed by atoms with E-state index in [1.165, 1.54) is 19.3 Å². The third-order valence-corrected chi connectivity index (χ3v) is 4.05. The van der Waals surface area contributed by atoms with Gasteiger partial charge in [0, 0.05) is 19.0 Å². The molecule has 0 radical (unpaired) electrons. The van der Waals surface area contributed by atoms with Gasteiger partial charge < -0.3 is 15.7 Å². The second-order valence-electron chi connectivity index (χ2n) is 5.32. The van der Waals surface area contributed by atoms with Gasteiger partial charge in [-0.3, -0.25) is 4.79 Å². The van der Waals surface area contributed by atoms with Crippen LogP contribution < -0.4 is 5.73 Å². The highest BCUT2D eigenvalue weighted by Gasteiger charge is 2.25. The van der Waals surface area contributed by atoms with Gasteiger partial charge in [-0.25, -0.2) is 0 Å². The molecule has 1 aliphatic carbocycles. The van der Waals surface area contributed by atoms with Gasteiger partial charge in [-0.1, -0.05) is 32.6 Å².